The second-order valence-electron chi connectivity index (χ2n) is 4.17. The predicted octanol–water partition coefficient (Wildman–Crippen LogP) is 1.29. The molecule has 15 heavy (non-hydrogen) atoms. The molecule has 0 spiro atoms. The third kappa shape index (κ3) is 1.35. The van der Waals surface area contributed by atoms with E-state index in [0.29, 0.717) is 12.3 Å². The van der Waals surface area contributed by atoms with Crippen molar-refractivity contribution in [3.05, 3.63) is 11.6 Å². The molecule has 0 radical (unpaired) electrons. The minimum atomic E-state index is -0.638. The second kappa shape index (κ2) is 3.68. The van der Waals surface area contributed by atoms with Crippen LogP contribution in [0.5, 0.6) is 0 Å². The molecule has 2 rings (SSSR count). The maximum Gasteiger partial charge on any atom is 0.258 e. The van der Waals surface area contributed by atoms with Gasteiger partial charge in [0.15, 0.2) is 0 Å². The molecule has 0 fully saturated rings. The molecule has 1 unspecified atom stereocenters. The van der Waals surface area contributed by atoms with E-state index in [9.17, 15) is 4.79 Å². The van der Waals surface area contributed by atoms with Crippen LogP contribution < -0.4 is 11.2 Å². The normalized spacial score (nSPS) is 30.9. The molecule has 1 aliphatic carbocycles. The van der Waals surface area contributed by atoms with Gasteiger partial charge in [-0.1, -0.05) is 18.6 Å². The molecular formula is C11H17N3O. The molecule has 0 aromatic carbocycles. The summed E-state index contributed by atoms with van der Waals surface area (Å²) >= 11 is 0. The van der Waals surface area contributed by atoms with Gasteiger partial charge in [0, 0.05) is 0 Å². The van der Waals surface area contributed by atoms with Crippen LogP contribution in [-0.2, 0) is 4.79 Å². The molecule has 3 N–H and O–H groups in total. The van der Waals surface area contributed by atoms with Gasteiger partial charge in [0.25, 0.3) is 5.91 Å². The lowest BCUT2D eigenvalue weighted by molar-refractivity contribution is -0.125. The van der Waals surface area contributed by atoms with Gasteiger partial charge < -0.3 is 5.73 Å². The largest absolute Gasteiger partial charge is 0.385 e. The lowest BCUT2D eigenvalue weighted by Gasteiger charge is -2.29. The number of hydrazone groups is 1. The number of hydrogen-bond donors (Lipinski definition) is 2. The summed E-state index contributed by atoms with van der Waals surface area (Å²) in [7, 11) is 0. The van der Waals surface area contributed by atoms with Crippen LogP contribution in [0.1, 0.15) is 39.0 Å². The number of carbonyl (C=O) groups excluding carboxylic acids is 1. The molecule has 0 saturated heterocycles. The van der Waals surface area contributed by atoms with Crippen molar-refractivity contribution in [2.75, 3.05) is 0 Å². The SMILES string of the molecule is CCC1(C2=CCCCC2)C(=O)NN=C1N. The molecule has 82 valence electrons. The summed E-state index contributed by atoms with van der Waals surface area (Å²) < 4.78 is 0. The Morgan fingerprint density at radius 1 is 1.60 bits per heavy atom. The van der Waals surface area contributed by atoms with Crippen molar-refractivity contribution in [1.29, 1.82) is 0 Å². The third-order valence-corrected chi connectivity index (χ3v) is 3.47. The number of nitrogens with one attached hydrogen (secondary N) is 1. The fourth-order valence-corrected chi connectivity index (χ4v) is 2.52. The van der Waals surface area contributed by atoms with Crippen molar-refractivity contribution >= 4 is 11.7 Å². The van der Waals surface area contributed by atoms with Crippen molar-refractivity contribution in [2.24, 2.45) is 16.3 Å². The summed E-state index contributed by atoms with van der Waals surface area (Å²) in [6, 6.07) is 0. The zero-order valence-electron chi connectivity index (χ0n) is 9.05. The maximum atomic E-state index is 11.9. The van der Waals surface area contributed by atoms with E-state index in [0.717, 1.165) is 24.8 Å². The Morgan fingerprint density at radius 2 is 2.40 bits per heavy atom. The van der Waals surface area contributed by atoms with Crippen LogP contribution in [0.3, 0.4) is 0 Å². The number of nitrogens with two attached hydrogens (primary N) is 1. The summed E-state index contributed by atoms with van der Waals surface area (Å²) in [4.78, 5) is 11.9. The number of hydrogen-bond acceptors (Lipinski definition) is 3. The standard InChI is InChI=1S/C11H17N3O/c1-2-11(8-6-4-3-5-7-8)9(12)13-14-10(11)15/h6H,2-5,7H2,1H3,(H2,12,13)(H,14,15). The lowest BCUT2D eigenvalue weighted by atomic mass is 9.72. The highest BCUT2D eigenvalue weighted by Crippen LogP contribution is 2.39. The summed E-state index contributed by atoms with van der Waals surface area (Å²) in [6.07, 6.45) is 7.24. The Balaban J connectivity index is 2.40. The van der Waals surface area contributed by atoms with Crippen LogP contribution >= 0.6 is 0 Å². The molecule has 0 aromatic heterocycles. The Kier molecular flexibility index (Phi) is 2.50. The highest BCUT2D eigenvalue weighted by molar-refractivity contribution is 6.13. The Labute approximate surface area is 89.6 Å². The number of rotatable bonds is 2. The van der Waals surface area contributed by atoms with E-state index < -0.39 is 5.41 Å². The van der Waals surface area contributed by atoms with Crippen molar-refractivity contribution in [3.8, 4) is 0 Å². The molecule has 4 nitrogen and oxygen atoms in total. The van der Waals surface area contributed by atoms with Gasteiger partial charge in [0.1, 0.15) is 11.3 Å². The van der Waals surface area contributed by atoms with E-state index in [4.69, 9.17) is 5.73 Å². The molecule has 0 bridgehead atoms. The van der Waals surface area contributed by atoms with E-state index in [2.05, 4.69) is 16.6 Å². The number of amidine groups is 1. The van der Waals surface area contributed by atoms with Crippen LogP contribution in [-0.4, -0.2) is 11.7 Å². The molecule has 4 heteroatoms. The van der Waals surface area contributed by atoms with E-state index >= 15 is 0 Å². The Hall–Kier alpha value is -1.32. The monoisotopic (exact) mass is 207 g/mol. The van der Waals surface area contributed by atoms with Crippen LogP contribution in [0.4, 0.5) is 0 Å². The van der Waals surface area contributed by atoms with E-state index in [1.54, 1.807) is 0 Å². The first kappa shape index (κ1) is 10.2. The second-order valence-corrected chi connectivity index (χ2v) is 4.17. The van der Waals surface area contributed by atoms with Gasteiger partial charge in [0.2, 0.25) is 0 Å². The highest BCUT2D eigenvalue weighted by Gasteiger charge is 2.47. The molecule has 1 aliphatic heterocycles. The minimum Gasteiger partial charge on any atom is -0.385 e. The zero-order valence-corrected chi connectivity index (χ0v) is 9.05. The van der Waals surface area contributed by atoms with E-state index in [1.165, 1.54) is 6.42 Å². The van der Waals surface area contributed by atoms with Crippen LogP contribution in [0.2, 0.25) is 0 Å². The number of amides is 1. The molecule has 1 atom stereocenters. The molecular weight excluding hydrogens is 190 g/mol. The first-order valence-electron chi connectivity index (χ1n) is 5.55. The van der Waals surface area contributed by atoms with E-state index in [1.807, 2.05) is 6.92 Å². The van der Waals surface area contributed by atoms with Crippen LogP contribution in [0.25, 0.3) is 0 Å². The Bertz CT molecular complexity index is 346. The van der Waals surface area contributed by atoms with Crippen molar-refractivity contribution < 1.29 is 4.79 Å². The van der Waals surface area contributed by atoms with Gasteiger partial charge in [-0.2, -0.15) is 5.10 Å². The summed E-state index contributed by atoms with van der Waals surface area (Å²) in [5, 5.41) is 3.87. The molecule has 0 saturated carbocycles. The topological polar surface area (TPSA) is 67.5 Å². The van der Waals surface area contributed by atoms with Crippen molar-refractivity contribution in [3.63, 3.8) is 0 Å². The average molecular weight is 207 g/mol. The minimum absolute atomic E-state index is 0.0596. The third-order valence-electron chi connectivity index (χ3n) is 3.47. The molecule has 0 aromatic rings. The molecule has 1 heterocycles. The fraction of sp³-hybridized carbons (Fsp3) is 0.636. The number of carbonyl (C=O) groups is 1. The first-order chi connectivity index (χ1) is 7.21. The molecule has 1 amide bonds. The summed E-state index contributed by atoms with van der Waals surface area (Å²) in [5.41, 5.74) is 8.88. The van der Waals surface area contributed by atoms with Gasteiger partial charge in [-0.3, -0.25) is 4.79 Å². The van der Waals surface area contributed by atoms with Gasteiger partial charge in [0.05, 0.1) is 0 Å². The van der Waals surface area contributed by atoms with Gasteiger partial charge in [-0.15, -0.1) is 0 Å². The van der Waals surface area contributed by atoms with Crippen LogP contribution in [0, 0.1) is 5.41 Å². The summed E-state index contributed by atoms with van der Waals surface area (Å²) in [5.74, 6) is 0.374. The maximum absolute atomic E-state index is 11.9. The van der Waals surface area contributed by atoms with Crippen LogP contribution in [0.15, 0.2) is 16.8 Å². The fourth-order valence-electron chi connectivity index (χ4n) is 2.52. The Morgan fingerprint density at radius 3 is 2.87 bits per heavy atom. The van der Waals surface area contributed by atoms with Crippen molar-refractivity contribution in [2.45, 2.75) is 39.0 Å². The molecule has 2 aliphatic rings. The number of allylic oxidation sites excluding steroid dienone is 1. The quantitative estimate of drug-likeness (QED) is 0.670. The summed E-state index contributed by atoms with van der Waals surface area (Å²) in [6.45, 7) is 1.99. The van der Waals surface area contributed by atoms with Crippen molar-refractivity contribution in [1.82, 2.24) is 5.43 Å². The first-order valence-corrected chi connectivity index (χ1v) is 5.55. The predicted molar refractivity (Wildman–Crippen MR) is 59.0 cm³/mol. The van der Waals surface area contributed by atoms with Gasteiger partial charge in [-0.25, -0.2) is 5.43 Å². The smallest absolute Gasteiger partial charge is 0.258 e. The number of nitrogens with zero attached hydrogens (tertiary/aromatic N) is 1. The van der Waals surface area contributed by atoms with Gasteiger partial charge >= 0.3 is 0 Å². The average Bonchev–Trinajstić information content (AvgIpc) is 2.57. The van der Waals surface area contributed by atoms with Gasteiger partial charge in [-0.05, 0) is 32.1 Å². The van der Waals surface area contributed by atoms with E-state index in [-0.39, 0.29) is 5.91 Å². The zero-order chi connectivity index (χ0) is 10.9. The lowest BCUT2D eigenvalue weighted by Crippen LogP contribution is -2.43. The highest BCUT2D eigenvalue weighted by atomic mass is 16.2.